The molecule has 2 nitrogen and oxygen atoms in total. The van der Waals surface area contributed by atoms with Crippen LogP contribution in [-0.4, -0.2) is 24.0 Å². The number of hydrogen-bond acceptors (Lipinski definition) is 2. The third-order valence-electron chi connectivity index (χ3n) is 4.97. The normalized spacial score (nSPS) is 27.4. The zero-order chi connectivity index (χ0) is 13.1. The van der Waals surface area contributed by atoms with Gasteiger partial charge in [-0.1, -0.05) is 37.1 Å². The molecule has 0 radical (unpaired) electrons. The SMILES string of the molecule is NCCc1ccc(CN2CCC3CCCCC32)cc1. The van der Waals surface area contributed by atoms with Crippen LogP contribution in [0.1, 0.15) is 43.2 Å². The quantitative estimate of drug-likeness (QED) is 0.899. The Balaban J connectivity index is 1.61. The standard InChI is InChI=1S/C17H26N2/c18-11-9-14-5-7-15(8-6-14)13-19-12-10-16-3-1-2-4-17(16)19/h5-8,16-17H,1-4,9-13,18H2. The highest BCUT2D eigenvalue weighted by molar-refractivity contribution is 5.23. The molecule has 1 saturated carbocycles. The Bertz CT molecular complexity index is 398. The molecule has 1 heterocycles. The van der Waals surface area contributed by atoms with Crippen LogP contribution in [0.3, 0.4) is 0 Å². The monoisotopic (exact) mass is 258 g/mol. The summed E-state index contributed by atoms with van der Waals surface area (Å²) in [4.78, 5) is 2.72. The molecule has 2 unspecified atom stereocenters. The van der Waals surface area contributed by atoms with Crippen molar-refractivity contribution in [1.29, 1.82) is 0 Å². The Hall–Kier alpha value is -0.860. The largest absolute Gasteiger partial charge is 0.330 e. The van der Waals surface area contributed by atoms with Crippen molar-refractivity contribution >= 4 is 0 Å². The molecule has 0 amide bonds. The van der Waals surface area contributed by atoms with E-state index in [2.05, 4.69) is 29.2 Å². The molecule has 2 fully saturated rings. The van der Waals surface area contributed by atoms with Gasteiger partial charge in [-0.25, -0.2) is 0 Å². The van der Waals surface area contributed by atoms with E-state index in [1.165, 1.54) is 49.8 Å². The summed E-state index contributed by atoms with van der Waals surface area (Å²) in [6.45, 7) is 3.19. The highest BCUT2D eigenvalue weighted by atomic mass is 15.2. The molecule has 1 aliphatic carbocycles. The van der Waals surface area contributed by atoms with Gasteiger partial charge in [0, 0.05) is 12.6 Å². The van der Waals surface area contributed by atoms with Crippen LogP contribution < -0.4 is 5.73 Å². The molecule has 0 bridgehead atoms. The Labute approximate surface area is 117 Å². The average molecular weight is 258 g/mol. The van der Waals surface area contributed by atoms with Gasteiger partial charge in [0.15, 0.2) is 0 Å². The molecule has 2 atom stereocenters. The van der Waals surface area contributed by atoms with Crippen molar-refractivity contribution in [2.75, 3.05) is 13.1 Å². The lowest BCUT2D eigenvalue weighted by Crippen LogP contribution is -2.34. The van der Waals surface area contributed by atoms with E-state index in [0.29, 0.717) is 0 Å². The van der Waals surface area contributed by atoms with Crippen LogP contribution in [0.25, 0.3) is 0 Å². The topological polar surface area (TPSA) is 29.3 Å². The Kier molecular flexibility index (Phi) is 4.19. The summed E-state index contributed by atoms with van der Waals surface area (Å²) in [5, 5.41) is 0. The van der Waals surface area contributed by atoms with Gasteiger partial charge in [-0.05, 0) is 55.8 Å². The highest BCUT2D eigenvalue weighted by Crippen LogP contribution is 2.36. The second-order valence-corrected chi connectivity index (χ2v) is 6.23. The molecule has 0 spiro atoms. The van der Waals surface area contributed by atoms with Gasteiger partial charge >= 0.3 is 0 Å². The molecule has 1 saturated heterocycles. The number of benzene rings is 1. The van der Waals surface area contributed by atoms with Gasteiger partial charge in [0.1, 0.15) is 0 Å². The Morgan fingerprint density at radius 1 is 1.00 bits per heavy atom. The number of hydrogen-bond donors (Lipinski definition) is 1. The molecule has 3 rings (SSSR count). The van der Waals surface area contributed by atoms with E-state index < -0.39 is 0 Å². The summed E-state index contributed by atoms with van der Waals surface area (Å²) < 4.78 is 0. The third kappa shape index (κ3) is 3.01. The molecule has 19 heavy (non-hydrogen) atoms. The van der Waals surface area contributed by atoms with Crippen LogP contribution in [0.4, 0.5) is 0 Å². The van der Waals surface area contributed by atoms with E-state index >= 15 is 0 Å². The summed E-state index contributed by atoms with van der Waals surface area (Å²) in [6.07, 6.45) is 8.22. The fraction of sp³-hybridized carbons (Fsp3) is 0.647. The molecular formula is C17H26N2. The van der Waals surface area contributed by atoms with E-state index in [9.17, 15) is 0 Å². The van der Waals surface area contributed by atoms with Crippen molar-refractivity contribution in [3.05, 3.63) is 35.4 Å². The summed E-state index contributed by atoms with van der Waals surface area (Å²) in [7, 11) is 0. The fourth-order valence-electron chi connectivity index (χ4n) is 3.91. The maximum Gasteiger partial charge on any atom is 0.0236 e. The van der Waals surface area contributed by atoms with Gasteiger partial charge in [-0.2, -0.15) is 0 Å². The molecular weight excluding hydrogens is 232 g/mol. The van der Waals surface area contributed by atoms with Crippen molar-refractivity contribution in [1.82, 2.24) is 4.90 Å². The van der Waals surface area contributed by atoms with Crippen LogP contribution in [0.2, 0.25) is 0 Å². The number of likely N-dealkylation sites (tertiary alicyclic amines) is 1. The van der Waals surface area contributed by atoms with E-state index in [-0.39, 0.29) is 0 Å². The zero-order valence-electron chi connectivity index (χ0n) is 11.9. The molecule has 2 N–H and O–H groups in total. The van der Waals surface area contributed by atoms with Crippen molar-refractivity contribution in [2.45, 2.75) is 51.1 Å². The maximum atomic E-state index is 5.60. The van der Waals surface area contributed by atoms with Gasteiger partial charge in [-0.3, -0.25) is 4.90 Å². The summed E-state index contributed by atoms with van der Waals surface area (Å²) in [6, 6.07) is 9.95. The van der Waals surface area contributed by atoms with Crippen molar-refractivity contribution in [3.63, 3.8) is 0 Å². The minimum atomic E-state index is 0.745. The molecule has 0 aromatic heterocycles. The third-order valence-corrected chi connectivity index (χ3v) is 4.97. The molecule has 1 aromatic carbocycles. The zero-order valence-corrected chi connectivity index (χ0v) is 11.9. The van der Waals surface area contributed by atoms with Crippen LogP contribution in [0.5, 0.6) is 0 Å². The minimum Gasteiger partial charge on any atom is -0.330 e. The number of nitrogens with zero attached hydrogens (tertiary/aromatic N) is 1. The minimum absolute atomic E-state index is 0.745. The lowest BCUT2D eigenvalue weighted by atomic mass is 9.85. The first kappa shape index (κ1) is 13.1. The van der Waals surface area contributed by atoms with Gasteiger partial charge in [0.05, 0.1) is 0 Å². The van der Waals surface area contributed by atoms with Crippen LogP contribution in [0, 0.1) is 5.92 Å². The molecule has 1 aromatic rings. The lowest BCUT2D eigenvalue weighted by molar-refractivity contribution is 0.176. The fourth-order valence-corrected chi connectivity index (χ4v) is 3.91. The van der Waals surface area contributed by atoms with Crippen LogP contribution >= 0.6 is 0 Å². The van der Waals surface area contributed by atoms with Gasteiger partial charge < -0.3 is 5.73 Å². The van der Waals surface area contributed by atoms with E-state index in [1.807, 2.05) is 0 Å². The average Bonchev–Trinajstić information content (AvgIpc) is 2.85. The van der Waals surface area contributed by atoms with Crippen LogP contribution in [0.15, 0.2) is 24.3 Å². The number of rotatable bonds is 4. The van der Waals surface area contributed by atoms with Gasteiger partial charge in [-0.15, -0.1) is 0 Å². The van der Waals surface area contributed by atoms with Gasteiger partial charge in [0.2, 0.25) is 0 Å². The second kappa shape index (κ2) is 6.06. The summed E-state index contributed by atoms with van der Waals surface area (Å²) >= 11 is 0. The van der Waals surface area contributed by atoms with Crippen LogP contribution in [-0.2, 0) is 13.0 Å². The van der Waals surface area contributed by atoms with E-state index in [4.69, 9.17) is 5.73 Å². The first-order valence-electron chi connectivity index (χ1n) is 7.89. The molecule has 2 aliphatic rings. The van der Waals surface area contributed by atoms with E-state index in [0.717, 1.165) is 31.5 Å². The van der Waals surface area contributed by atoms with Crippen molar-refractivity contribution in [2.24, 2.45) is 11.7 Å². The number of nitrogens with two attached hydrogens (primary N) is 1. The lowest BCUT2D eigenvalue weighted by Gasteiger charge is -2.31. The molecule has 2 heteroatoms. The first-order chi connectivity index (χ1) is 9.36. The Morgan fingerprint density at radius 3 is 2.53 bits per heavy atom. The highest BCUT2D eigenvalue weighted by Gasteiger charge is 2.35. The van der Waals surface area contributed by atoms with Crippen molar-refractivity contribution in [3.8, 4) is 0 Å². The summed E-state index contributed by atoms with van der Waals surface area (Å²) in [5.41, 5.74) is 8.42. The Morgan fingerprint density at radius 2 is 1.74 bits per heavy atom. The second-order valence-electron chi connectivity index (χ2n) is 6.23. The smallest absolute Gasteiger partial charge is 0.0236 e. The van der Waals surface area contributed by atoms with Gasteiger partial charge in [0.25, 0.3) is 0 Å². The summed E-state index contributed by atoms with van der Waals surface area (Å²) in [5.74, 6) is 0.991. The van der Waals surface area contributed by atoms with E-state index in [1.54, 1.807) is 0 Å². The maximum absolute atomic E-state index is 5.60. The predicted molar refractivity (Wildman–Crippen MR) is 80.0 cm³/mol. The predicted octanol–water partition coefficient (Wildman–Crippen LogP) is 2.95. The van der Waals surface area contributed by atoms with Crippen molar-refractivity contribution < 1.29 is 0 Å². The number of fused-ring (bicyclic) bond motifs is 1. The molecule has 104 valence electrons. The molecule has 1 aliphatic heterocycles. The first-order valence-corrected chi connectivity index (χ1v) is 7.89.